The molecule has 1 aromatic heterocycles. The molecule has 1 aliphatic rings. The van der Waals surface area contributed by atoms with Gasteiger partial charge < -0.3 is 14.8 Å². The average Bonchev–Trinajstić information content (AvgIpc) is 2.80. The molecular formula is C23H21N3O4. The number of fused-ring (bicyclic) bond motifs is 1. The van der Waals surface area contributed by atoms with Crippen LogP contribution in [-0.4, -0.2) is 30.5 Å². The molecule has 7 heteroatoms. The summed E-state index contributed by atoms with van der Waals surface area (Å²) in [5.74, 6) is 0.895. The molecule has 0 spiro atoms. The molecule has 2 aromatic carbocycles. The van der Waals surface area contributed by atoms with E-state index in [1.165, 1.54) is 4.90 Å². The van der Waals surface area contributed by atoms with Crippen LogP contribution in [0.3, 0.4) is 0 Å². The number of hydrogen-bond donors (Lipinski definition) is 1. The highest BCUT2D eigenvalue weighted by Gasteiger charge is 2.37. The van der Waals surface area contributed by atoms with Gasteiger partial charge in [-0.05, 0) is 29.8 Å². The first-order chi connectivity index (χ1) is 14.7. The van der Waals surface area contributed by atoms with Crippen LogP contribution in [0.15, 0.2) is 72.9 Å². The van der Waals surface area contributed by atoms with E-state index in [0.717, 1.165) is 11.1 Å². The third kappa shape index (κ3) is 4.10. The smallest absolute Gasteiger partial charge is 0.274 e. The number of carbonyl (C=O) groups is 2. The number of pyridine rings is 1. The van der Waals surface area contributed by atoms with Crippen LogP contribution < -0.4 is 19.7 Å². The van der Waals surface area contributed by atoms with Gasteiger partial charge in [0, 0.05) is 18.3 Å². The Hall–Kier alpha value is -3.87. The van der Waals surface area contributed by atoms with Crippen molar-refractivity contribution in [2.75, 3.05) is 18.6 Å². The lowest BCUT2D eigenvalue weighted by atomic mass is 10.1. The van der Waals surface area contributed by atoms with E-state index >= 15 is 0 Å². The third-order valence-corrected chi connectivity index (χ3v) is 4.77. The van der Waals surface area contributed by atoms with Gasteiger partial charge in [-0.3, -0.25) is 14.5 Å². The highest BCUT2D eigenvalue weighted by molar-refractivity contribution is 6.03. The van der Waals surface area contributed by atoms with Gasteiger partial charge in [0.05, 0.1) is 7.11 Å². The van der Waals surface area contributed by atoms with E-state index in [4.69, 9.17) is 9.47 Å². The van der Waals surface area contributed by atoms with Crippen molar-refractivity contribution < 1.29 is 19.1 Å². The van der Waals surface area contributed by atoms with Crippen LogP contribution in [0.2, 0.25) is 0 Å². The van der Waals surface area contributed by atoms with Gasteiger partial charge in [-0.25, -0.2) is 4.98 Å². The van der Waals surface area contributed by atoms with E-state index in [2.05, 4.69) is 10.3 Å². The number of anilines is 1. The largest absolute Gasteiger partial charge is 0.497 e. The third-order valence-electron chi connectivity index (χ3n) is 4.77. The molecule has 0 aliphatic carbocycles. The first-order valence-corrected chi connectivity index (χ1v) is 9.53. The molecule has 0 fully saturated rings. The number of methoxy groups -OCH3 is 1. The molecule has 0 radical (unpaired) electrons. The number of rotatable bonds is 6. The second kappa shape index (κ2) is 8.65. The number of benzene rings is 2. The molecule has 1 N–H and O–H groups in total. The molecule has 30 heavy (non-hydrogen) atoms. The van der Waals surface area contributed by atoms with Crippen molar-refractivity contribution in [2.45, 2.75) is 12.6 Å². The van der Waals surface area contributed by atoms with Gasteiger partial charge in [0.15, 0.2) is 11.6 Å². The fraction of sp³-hybridized carbons (Fsp3) is 0.174. The number of ether oxygens (including phenoxy) is 2. The van der Waals surface area contributed by atoms with E-state index < -0.39 is 6.10 Å². The maximum absolute atomic E-state index is 13.1. The quantitative estimate of drug-likeness (QED) is 0.685. The monoisotopic (exact) mass is 403 g/mol. The average molecular weight is 403 g/mol. The zero-order valence-corrected chi connectivity index (χ0v) is 16.4. The Morgan fingerprint density at radius 1 is 1.13 bits per heavy atom. The normalized spacial score (nSPS) is 15.2. The Morgan fingerprint density at radius 2 is 1.97 bits per heavy atom. The predicted molar refractivity (Wildman–Crippen MR) is 111 cm³/mol. The highest BCUT2D eigenvalue weighted by atomic mass is 16.5. The van der Waals surface area contributed by atoms with Crippen LogP contribution in [0.4, 0.5) is 5.82 Å². The topological polar surface area (TPSA) is 80.8 Å². The molecule has 0 saturated carbocycles. The minimum atomic E-state index is -0.825. The molecule has 2 heterocycles. The van der Waals surface area contributed by atoms with Crippen LogP contribution in [-0.2, 0) is 16.1 Å². The number of nitrogens with one attached hydrogen (secondary N) is 1. The maximum atomic E-state index is 13.1. The number of aromatic nitrogens is 1. The molecule has 4 rings (SSSR count). The van der Waals surface area contributed by atoms with Crippen molar-refractivity contribution in [1.82, 2.24) is 10.3 Å². The zero-order valence-electron chi connectivity index (χ0n) is 16.4. The van der Waals surface area contributed by atoms with Crippen molar-refractivity contribution in [3.8, 4) is 11.5 Å². The Kier molecular flexibility index (Phi) is 5.61. The number of amides is 2. The molecule has 2 amide bonds. The first kappa shape index (κ1) is 19.4. The second-order valence-electron chi connectivity index (χ2n) is 6.79. The maximum Gasteiger partial charge on any atom is 0.274 e. The van der Waals surface area contributed by atoms with Crippen molar-refractivity contribution in [3.05, 3.63) is 84.1 Å². The summed E-state index contributed by atoms with van der Waals surface area (Å²) in [5.41, 5.74) is 1.62. The molecule has 1 atom stereocenters. The summed E-state index contributed by atoms with van der Waals surface area (Å²) in [6, 6.07) is 20.1. The van der Waals surface area contributed by atoms with Gasteiger partial charge in [0.25, 0.3) is 5.91 Å². The number of nitrogens with zero attached hydrogens (tertiary/aromatic N) is 2. The first-order valence-electron chi connectivity index (χ1n) is 9.53. The molecule has 7 nitrogen and oxygen atoms in total. The van der Waals surface area contributed by atoms with Gasteiger partial charge in [-0.1, -0.05) is 42.5 Å². The molecule has 1 aliphatic heterocycles. The minimum Gasteiger partial charge on any atom is -0.497 e. The molecule has 152 valence electrons. The van der Waals surface area contributed by atoms with Gasteiger partial charge in [-0.2, -0.15) is 0 Å². The van der Waals surface area contributed by atoms with Crippen LogP contribution in [0.25, 0.3) is 0 Å². The second-order valence-corrected chi connectivity index (χ2v) is 6.79. The van der Waals surface area contributed by atoms with Gasteiger partial charge >= 0.3 is 0 Å². The summed E-state index contributed by atoms with van der Waals surface area (Å²) >= 11 is 0. The zero-order chi connectivity index (χ0) is 20.9. The Morgan fingerprint density at radius 3 is 2.77 bits per heavy atom. The van der Waals surface area contributed by atoms with Crippen molar-refractivity contribution >= 4 is 17.6 Å². The lowest BCUT2D eigenvalue weighted by molar-refractivity contribution is -0.129. The minimum absolute atomic E-state index is 0.153. The van der Waals surface area contributed by atoms with Crippen LogP contribution in [0, 0.1) is 0 Å². The van der Waals surface area contributed by atoms with Crippen molar-refractivity contribution in [2.24, 2.45) is 0 Å². The molecule has 0 saturated heterocycles. The van der Waals surface area contributed by atoms with Crippen LogP contribution in [0.5, 0.6) is 11.5 Å². The number of hydrogen-bond acceptors (Lipinski definition) is 5. The van der Waals surface area contributed by atoms with Gasteiger partial charge in [0.1, 0.15) is 12.3 Å². The Balaban J connectivity index is 1.51. The summed E-state index contributed by atoms with van der Waals surface area (Å²) in [6.45, 7) is 0.172. The summed E-state index contributed by atoms with van der Waals surface area (Å²) in [6.07, 6.45) is 0.744. The number of carbonyl (C=O) groups excluding carboxylic acids is 2. The van der Waals surface area contributed by atoms with Crippen LogP contribution in [0.1, 0.15) is 17.2 Å². The van der Waals surface area contributed by atoms with E-state index in [1.54, 1.807) is 25.4 Å². The standard InChI is InChI=1S/C23H21N3O4/c1-29-18-10-5-7-16(13-18)14-25-20(27)15-26-22-19(11-6-12-24-22)30-21(23(26)28)17-8-3-2-4-9-17/h2-13,21H,14-15H2,1H3,(H,25,27). The molecular weight excluding hydrogens is 382 g/mol. The summed E-state index contributed by atoms with van der Waals surface area (Å²) < 4.78 is 11.1. The Labute approximate surface area is 174 Å². The summed E-state index contributed by atoms with van der Waals surface area (Å²) in [7, 11) is 1.59. The fourth-order valence-electron chi connectivity index (χ4n) is 3.27. The van der Waals surface area contributed by atoms with E-state index in [-0.39, 0.29) is 18.4 Å². The SMILES string of the molecule is COc1cccc(CNC(=O)CN2C(=O)C(c3ccccc3)Oc3cccnc32)c1. The lowest BCUT2D eigenvalue weighted by Gasteiger charge is -2.33. The summed E-state index contributed by atoms with van der Waals surface area (Å²) in [4.78, 5) is 31.4. The van der Waals surface area contributed by atoms with Crippen molar-refractivity contribution in [1.29, 1.82) is 0 Å². The van der Waals surface area contributed by atoms with E-state index in [0.29, 0.717) is 23.9 Å². The van der Waals surface area contributed by atoms with E-state index in [1.807, 2.05) is 54.6 Å². The lowest BCUT2D eigenvalue weighted by Crippen LogP contribution is -2.46. The van der Waals surface area contributed by atoms with Crippen LogP contribution >= 0.6 is 0 Å². The predicted octanol–water partition coefficient (Wildman–Crippen LogP) is 2.87. The van der Waals surface area contributed by atoms with E-state index in [9.17, 15) is 9.59 Å². The summed E-state index contributed by atoms with van der Waals surface area (Å²) in [5, 5.41) is 2.85. The van der Waals surface area contributed by atoms with Gasteiger partial charge in [-0.15, -0.1) is 0 Å². The molecule has 3 aromatic rings. The van der Waals surface area contributed by atoms with Crippen molar-refractivity contribution in [3.63, 3.8) is 0 Å². The highest BCUT2D eigenvalue weighted by Crippen LogP contribution is 2.36. The molecule has 0 bridgehead atoms. The fourth-order valence-corrected chi connectivity index (χ4v) is 3.27. The Bertz CT molecular complexity index is 1060. The van der Waals surface area contributed by atoms with Gasteiger partial charge in [0.2, 0.25) is 12.0 Å². The molecule has 1 unspecified atom stereocenters.